The average molecular weight is 256 g/mol. The zero-order chi connectivity index (χ0) is 12.7. The molecule has 1 aromatic carbocycles. The second-order valence-corrected chi connectivity index (χ2v) is 6.50. The molecular formula is C17H24N2. The van der Waals surface area contributed by atoms with Gasteiger partial charge in [-0.1, -0.05) is 25.0 Å². The zero-order valence-electron chi connectivity index (χ0n) is 11.6. The summed E-state index contributed by atoms with van der Waals surface area (Å²) in [6, 6.07) is 8.21. The van der Waals surface area contributed by atoms with E-state index in [4.69, 9.17) is 0 Å². The second-order valence-electron chi connectivity index (χ2n) is 6.50. The van der Waals surface area contributed by atoms with Gasteiger partial charge in [0.15, 0.2) is 0 Å². The molecule has 0 aromatic heterocycles. The van der Waals surface area contributed by atoms with Gasteiger partial charge in [0.1, 0.15) is 0 Å². The first-order valence-corrected chi connectivity index (χ1v) is 8.03. The van der Waals surface area contributed by atoms with Crippen LogP contribution in [0.3, 0.4) is 0 Å². The van der Waals surface area contributed by atoms with E-state index in [-0.39, 0.29) is 0 Å². The molecule has 2 heteroatoms. The first-order chi connectivity index (χ1) is 9.42. The second kappa shape index (κ2) is 4.82. The molecule has 1 saturated carbocycles. The Balaban J connectivity index is 1.58. The third-order valence-corrected chi connectivity index (χ3v) is 5.43. The number of nitrogens with one attached hydrogen (secondary N) is 2. The average Bonchev–Trinajstić information content (AvgIpc) is 2.95. The number of rotatable bonds is 1. The van der Waals surface area contributed by atoms with E-state index >= 15 is 0 Å². The summed E-state index contributed by atoms with van der Waals surface area (Å²) in [4.78, 5) is 0. The van der Waals surface area contributed by atoms with Gasteiger partial charge in [-0.25, -0.2) is 0 Å². The minimum Gasteiger partial charge on any atom is -0.384 e. The summed E-state index contributed by atoms with van der Waals surface area (Å²) in [5.74, 6) is 0.958. The van der Waals surface area contributed by atoms with Gasteiger partial charge in [0.25, 0.3) is 0 Å². The zero-order valence-corrected chi connectivity index (χ0v) is 11.6. The van der Waals surface area contributed by atoms with Gasteiger partial charge in [-0.05, 0) is 55.2 Å². The number of benzene rings is 1. The number of fused-ring (bicyclic) bond motifs is 2. The van der Waals surface area contributed by atoms with Crippen molar-refractivity contribution < 1.29 is 0 Å². The van der Waals surface area contributed by atoms with Crippen molar-refractivity contribution in [2.45, 2.75) is 57.0 Å². The Morgan fingerprint density at radius 1 is 1.00 bits per heavy atom. The molecular weight excluding hydrogens is 232 g/mol. The lowest BCUT2D eigenvalue weighted by Crippen LogP contribution is -2.45. The number of piperidine rings is 1. The van der Waals surface area contributed by atoms with E-state index in [2.05, 4.69) is 28.8 Å². The van der Waals surface area contributed by atoms with Crippen LogP contribution in [0.4, 0.5) is 5.69 Å². The van der Waals surface area contributed by atoms with Gasteiger partial charge in [-0.15, -0.1) is 0 Å². The minimum atomic E-state index is 0.606. The van der Waals surface area contributed by atoms with Crippen molar-refractivity contribution in [2.75, 3.05) is 11.9 Å². The van der Waals surface area contributed by atoms with Crippen molar-refractivity contribution in [1.29, 1.82) is 0 Å². The van der Waals surface area contributed by atoms with E-state index in [1.807, 2.05) is 0 Å². The predicted octanol–water partition coefficient (Wildman–Crippen LogP) is 3.64. The van der Waals surface area contributed by atoms with Crippen LogP contribution in [0.1, 0.15) is 55.7 Å². The molecule has 1 saturated heterocycles. The first-order valence-electron chi connectivity index (χ1n) is 8.03. The summed E-state index contributed by atoms with van der Waals surface area (Å²) in [5, 5.41) is 7.48. The van der Waals surface area contributed by atoms with Gasteiger partial charge >= 0.3 is 0 Å². The molecule has 2 heterocycles. The normalized spacial score (nSPS) is 33.4. The van der Waals surface area contributed by atoms with Crippen LogP contribution >= 0.6 is 0 Å². The molecule has 1 aromatic rings. The van der Waals surface area contributed by atoms with E-state index in [1.165, 1.54) is 50.6 Å². The van der Waals surface area contributed by atoms with Crippen molar-refractivity contribution in [3.63, 3.8) is 0 Å². The summed E-state index contributed by atoms with van der Waals surface area (Å²) >= 11 is 0. The van der Waals surface area contributed by atoms with Crippen LogP contribution in [-0.2, 0) is 6.42 Å². The van der Waals surface area contributed by atoms with Crippen LogP contribution in [0.5, 0.6) is 0 Å². The lowest BCUT2D eigenvalue weighted by atomic mass is 9.76. The van der Waals surface area contributed by atoms with Gasteiger partial charge in [-0.3, -0.25) is 0 Å². The Morgan fingerprint density at radius 3 is 2.95 bits per heavy atom. The molecule has 3 aliphatic rings. The molecule has 3 unspecified atom stereocenters. The largest absolute Gasteiger partial charge is 0.384 e. The van der Waals surface area contributed by atoms with Gasteiger partial charge in [0.2, 0.25) is 0 Å². The maximum Gasteiger partial charge on any atom is 0.0376 e. The topological polar surface area (TPSA) is 24.1 Å². The highest BCUT2D eigenvalue weighted by molar-refractivity contribution is 5.59. The number of anilines is 1. The Bertz CT molecular complexity index is 468. The first kappa shape index (κ1) is 11.8. The Labute approximate surface area is 116 Å². The quantitative estimate of drug-likeness (QED) is 0.801. The summed E-state index contributed by atoms with van der Waals surface area (Å²) in [7, 11) is 0. The Kier molecular flexibility index (Phi) is 2.99. The monoisotopic (exact) mass is 256 g/mol. The van der Waals surface area contributed by atoms with Gasteiger partial charge in [0, 0.05) is 24.3 Å². The molecule has 0 amide bonds. The summed E-state index contributed by atoms with van der Waals surface area (Å²) in [6.07, 6.45) is 9.70. The minimum absolute atomic E-state index is 0.606. The SMILES string of the molecule is c1cc2c(c(C3CCC4CCCCC4N3)c1)CCN2. The highest BCUT2D eigenvalue weighted by Gasteiger charge is 2.33. The molecule has 2 N–H and O–H groups in total. The third kappa shape index (κ3) is 2.06. The maximum absolute atomic E-state index is 3.97. The van der Waals surface area contributed by atoms with Crippen molar-refractivity contribution in [1.82, 2.24) is 5.32 Å². The van der Waals surface area contributed by atoms with Crippen molar-refractivity contribution in [2.24, 2.45) is 5.92 Å². The van der Waals surface area contributed by atoms with Crippen molar-refractivity contribution >= 4 is 5.69 Å². The van der Waals surface area contributed by atoms with Crippen LogP contribution in [-0.4, -0.2) is 12.6 Å². The van der Waals surface area contributed by atoms with Crippen LogP contribution < -0.4 is 10.6 Å². The molecule has 19 heavy (non-hydrogen) atoms. The fourth-order valence-corrected chi connectivity index (χ4v) is 4.44. The van der Waals surface area contributed by atoms with E-state index in [0.29, 0.717) is 6.04 Å². The summed E-state index contributed by atoms with van der Waals surface area (Å²) in [5.41, 5.74) is 4.53. The smallest absolute Gasteiger partial charge is 0.0376 e. The number of hydrogen-bond acceptors (Lipinski definition) is 2. The van der Waals surface area contributed by atoms with Crippen molar-refractivity contribution in [3.05, 3.63) is 29.3 Å². The standard InChI is InChI=1S/C17H24N2/c1-2-6-15-12(4-1)8-9-17(19-15)13-5-3-7-16-14(13)10-11-18-16/h3,5,7,12,15,17-19H,1-2,4,6,8-11H2. The highest BCUT2D eigenvalue weighted by Crippen LogP contribution is 2.39. The molecule has 1 aliphatic carbocycles. The van der Waals surface area contributed by atoms with E-state index in [1.54, 1.807) is 11.1 Å². The van der Waals surface area contributed by atoms with E-state index in [0.717, 1.165) is 18.5 Å². The molecule has 3 atom stereocenters. The van der Waals surface area contributed by atoms with Crippen LogP contribution in [0.25, 0.3) is 0 Å². The Hall–Kier alpha value is -1.02. The Morgan fingerprint density at radius 2 is 1.95 bits per heavy atom. The molecule has 0 spiro atoms. The molecule has 0 radical (unpaired) electrons. The van der Waals surface area contributed by atoms with E-state index < -0.39 is 0 Å². The van der Waals surface area contributed by atoms with Crippen LogP contribution in [0.15, 0.2) is 18.2 Å². The molecule has 2 nitrogen and oxygen atoms in total. The van der Waals surface area contributed by atoms with Gasteiger partial charge in [0.05, 0.1) is 0 Å². The number of hydrogen-bond donors (Lipinski definition) is 2. The fourth-order valence-electron chi connectivity index (χ4n) is 4.44. The van der Waals surface area contributed by atoms with Crippen LogP contribution in [0, 0.1) is 5.92 Å². The predicted molar refractivity (Wildman–Crippen MR) is 79.5 cm³/mol. The summed E-state index contributed by atoms with van der Waals surface area (Å²) in [6.45, 7) is 1.12. The molecule has 102 valence electrons. The molecule has 0 bridgehead atoms. The van der Waals surface area contributed by atoms with Crippen molar-refractivity contribution in [3.8, 4) is 0 Å². The van der Waals surface area contributed by atoms with E-state index in [9.17, 15) is 0 Å². The fraction of sp³-hybridized carbons (Fsp3) is 0.647. The maximum atomic E-state index is 3.97. The molecule has 4 rings (SSSR count). The highest BCUT2D eigenvalue weighted by atomic mass is 15.0. The lowest BCUT2D eigenvalue weighted by Gasteiger charge is -2.41. The van der Waals surface area contributed by atoms with Gasteiger partial charge in [-0.2, -0.15) is 0 Å². The molecule has 2 aliphatic heterocycles. The van der Waals surface area contributed by atoms with Gasteiger partial charge < -0.3 is 10.6 Å². The molecule has 2 fully saturated rings. The summed E-state index contributed by atoms with van der Waals surface area (Å²) < 4.78 is 0. The third-order valence-electron chi connectivity index (χ3n) is 5.43. The lowest BCUT2D eigenvalue weighted by molar-refractivity contribution is 0.176. The van der Waals surface area contributed by atoms with Crippen LogP contribution in [0.2, 0.25) is 0 Å².